The molecule has 9 heteroatoms. The highest BCUT2D eigenvalue weighted by atomic mass is 16.5. The van der Waals surface area contributed by atoms with Crippen LogP contribution in [-0.2, 0) is 4.74 Å². The lowest BCUT2D eigenvalue weighted by Crippen LogP contribution is -2.55. The first kappa shape index (κ1) is 27.0. The minimum absolute atomic E-state index is 0.312. The molecule has 2 aliphatic rings. The van der Waals surface area contributed by atoms with Crippen LogP contribution in [0, 0.1) is 18.8 Å². The molecule has 0 saturated carbocycles. The van der Waals surface area contributed by atoms with Crippen molar-refractivity contribution in [1.82, 2.24) is 24.5 Å². The van der Waals surface area contributed by atoms with E-state index in [1.807, 2.05) is 37.5 Å². The van der Waals surface area contributed by atoms with Crippen molar-refractivity contribution < 1.29 is 4.74 Å². The van der Waals surface area contributed by atoms with Gasteiger partial charge in [-0.3, -0.25) is 14.9 Å². The van der Waals surface area contributed by atoms with Crippen molar-refractivity contribution >= 4 is 29.2 Å². The summed E-state index contributed by atoms with van der Waals surface area (Å²) in [7, 11) is 0. The second-order valence-electron chi connectivity index (χ2n) is 10.6. The average Bonchev–Trinajstić information content (AvgIpc) is 3.24. The van der Waals surface area contributed by atoms with Crippen LogP contribution in [0.1, 0.15) is 53.2 Å². The predicted octanol–water partition coefficient (Wildman–Crippen LogP) is 4.98. The van der Waals surface area contributed by atoms with Crippen LogP contribution in [0.2, 0.25) is 0 Å². The van der Waals surface area contributed by atoms with Gasteiger partial charge in [0, 0.05) is 37.1 Å². The SMILES string of the molecule is CCC.Cc1nc(-c2ccn3nc(NC4CCN(C5COC5)CC4C)nc(N)c23)ccc1N=CC(C)C. The molecule has 0 spiro atoms. The number of ether oxygens (including phenoxy) is 1. The van der Waals surface area contributed by atoms with Gasteiger partial charge in [-0.25, -0.2) is 4.52 Å². The summed E-state index contributed by atoms with van der Waals surface area (Å²) in [6.07, 6.45) is 6.15. The molecule has 2 fully saturated rings. The molecule has 2 saturated heterocycles. The van der Waals surface area contributed by atoms with Gasteiger partial charge in [0.15, 0.2) is 5.82 Å². The first-order valence-electron chi connectivity index (χ1n) is 13.6. The maximum absolute atomic E-state index is 6.43. The van der Waals surface area contributed by atoms with Crippen LogP contribution in [0.5, 0.6) is 0 Å². The Kier molecular flexibility index (Phi) is 8.76. The second kappa shape index (κ2) is 12.0. The lowest BCUT2D eigenvalue weighted by Gasteiger charge is -2.44. The number of pyridine rings is 1. The average molecular weight is 507 g/mol. The Bertz CT molecular complexity index is 1220. The highest BCUT2D eigenvalue weighted by Crippen LogP contribution is 2.30. The molecule has 5 rings (SSSR count). The third kappa shape index (κ3) is 6.27. The fourth-order valence-electron chi connectivity index (χ4n) is 4.71. The van der Waals surface area contributed by atoms with Crippen molar-refractivity contribution in [2.45, 2.75) is 66.5 Å². The Morgan fingerprint density at radius 1 is 1.22 bits per heavy atom. The largest absolute Gasteiger partial charge is 0.382 e. The highest BCUT2D eigenvalue weighted by molar-refractivity contribution is 5.87. The van der Waals surface area contributed by atoms with Crippen LogP contribution in [0.3, 0.4) is 0 Å². The van der Waals surface area contributed by atoms with Gasteiger partial charge in [0.1, 0.15) is 5.52 Å². The van der Waals surface area contributed by atoms with Crippen LogP contribution in [-0.4, -0.2) is 69.1 Å². The molecule has 0 bridgehead atoms. The standard InChI is InChI=1S/C25H34N8O.C3H8/c1-15(2)11-27-21-5-6-22(28-17(21)4)19-7-10-33-23(19)24(26)30-25(31-33)29-20-8-9-32(12-16(20)3)18-13-34-14-18;1-3-2/h5-7,10-11,15-16,18,20H,8-9,12-14H2,1-4H3,(H3,26,29,30,31);3H2,1-2H3. The number of hydrogen-bond donors (Lipinski definition) is 2. The first-order chi connectivity index (χ1) is 17.8. The molecule has 0 amide bonds. The molecule has 0 aromatic carbocycles. The number of piperidine rings is 1. The van der Waals surface area contributed by atoms with E-state index < -0.39 is 0 Å². The van der Waals surface area contributed by atoms with Gasteiger partial charge in [0.05, 0.1) is 36.3 Å². The molecule has 0 radical (unpaired) electrons. The number of anilines is 2. The number of nitrogen functional groups attached to an aromatic ring is 1. The number of aromatic nitrogens is 4. The molecule has 9 nitrogen and oxygen atoms in total. The number of nitrogens with one attached hydrogen (secondary N) is 1. The van der Waals surface area contributed by atoms with Gasteiger partial charge in [-0.1, -0.05) is 41.0 Å². The van der Waals surface area contributed by atoms with Gasteiger partial charge in [0.2, 0.25) is 5.95 Å². The van der Waals surface area contributed by atoms with Crippen LogP contribution >= 0.6 is 0 Å². The van der Waals surface area contributed by atoms with E-state index >= 15 is 0 Å². The van der Waals surface area contributed by atoms with Crippen LogP contribution in [0.4, 0.5) is 17.5 Å². The van der Waals surface area contributed by atoms with Crippen molar-refractivity contribution in [3.8, 4) is 11.3 Å². The van der Waals surface area contributed by atoms with Gasteiger partial charge in [-0.2, -0.15) is 4.98 Å². The van der Waals surface area contributed by atoms with E-state index in [2.05, 4.69) is 54.8 Å². The minimum atomic E-state index is 0.312. The van der Waals surface area contributed by atoms with Crippen molar-refractivity contribution in [2.75, 3.05) is 37.4 Å². The number of aryl methyl sites for hydroxylation is 1. The zero-order valence-corrected chi connectivity index (χ0v) is 23.1. The van der Waals surface area contributed by atoms with E-state index in [0.29, 0.717) is 35.7 Å². The van der Waals surface area contributed by atoms with Gasteiger partial charge in [-0.05, 0) is 43.4 Å². The summed E-state index contributed by atoms with van der Waals surface area (Å²) >= 11 is 0. The maximum atomic E-state index is 6.43. The second-order valence-corrected chi connectivity index (χ2v) is 10.6. The van der Waals surface area contributed by atoms with E-state index in [9.17, 15) is 0 Å². The summed E-state index contributed by atoms with van der Waals surface area (Å²) in [6, 6.07) is 6.86. The third-order valence-corrected chi connectivity index (χ3v) is 6.77. The van der Waals surface area contributed by atoms with Crippen molar-refractivity contribution in [1.29, 1.82) is 0 Å². The quantitative estimate of drug-likeness (QED) is 0.454. The van der Waals surface area contributed by atoms with Crippen molar-refractivity contribution in [3.05, 3.63) is 30.1 Å². The monoisotopic (exact) mass is 506 g/mol. The summed E-state index contributed by atoms with van der Waals surface area (Å²) in [5, 5.41) is 8.25. The zero-order chi connectivity index (χ0) is 26.5. The molecule has 5 heterocycles. The summed E-state index contributed by atoms with van der Waals surface area (Å²) in [4.78, 5) is 16.5. The molecule has 2 atom stereocenters. The molecule has 3 aromatic heterocycles. The van der Waals surface area contributed by atoms with E-state index in [-0.39, 0.29) is 0 Å². The lowest BCUT2D eigenvalue weighted by molar-refractivity contribution is -0.0763. The summed E-state index contributed by atoms with van der Waals surface area (Å²) in [6.45, 7) is 16.5. The smallest absolute Gasteiger partial charge is 0.243 e. The lowest BCUT2D eigenvalue weighted by atomic mass is 9.92. The maximum Gasteiger partial charge on any atom is 0.243 e. The zero-order valence-electron chi connectivity index (χ0n) is 23.1. The van der Waals surface area contributed by atoms with Gasteiger partial charge in [0.25, 0.3) is 0 Å². The van der Waals surface area contributed by atoms with Crippen molar-refractivity contribution in [3.63, 3.8) is 0 Å². The van der Waals surface area contributed by atoms with Crippen LogP contribution < -0.4 is 11.1 Å². The van der Waals surface area contributed by atoms with E-state index in [4.69, 9.17) is 20.6 Å². The number of nitrogens with two attached hydrogens (primary N) is 1. The molecule has 0 aliphatic carbocycles. The van der Waals surface area contributed by atoms with Crippen LogP contribution in [0.25, 0.3) is 16.8 Å². The summed E-state index contributed by atoms with van der Waals surface area (Å²) in [5.41, 5.74) is 10.7. The Labute approximate surface area is 220 Å². The molecule has 2 aliphatic heterocycles. The molecule has 37 heavy (non-hydrogen) atoms. The minimum Gasteiger partial charge on any atom is -0.382 e. The Hall–Kier alpha value is -3.04. The van der Waals surface area contributed by atoms with E-state index in [1.54, 1.807) is 4.52 Å². The van der Waals surface area contributed by atoms with E-state index in [0.717, 1.165) is 60.9 Å². The Morgan fingerprint density at radius 2 is 1.97 bits per heavy atom. The first-order valence-corrected chi connectivity index (χ1v) is 13.6. The molecule has 200 valence electrons. The molecule has 3 N–H and O–H groups in total. The number of fused-ring (bicyclic) bond motifs is 1. The Morgan fingerprint density at radius 3 is 2.59 bits per heavy atom. The Balaban J connectivity index is 0.00000102. The van der Waals surface area contributed by atoms with Gasteiger partial charge < -0.3 is 15.8 Å². The molecule has 3 aromatic rings. The predicted molar refractivity (Wildman–Crippen MR) is 152 cm³/mol. The molecule has 2 unspecified atom stereocenters. The summed E-state index contributed by atoms with van der Waals surface area (Å²) < 4.78 is 7.16. The van der Waals surface area contributed by atoms with Crippen molar-refractivity contribution in [2.24, 2.45) is 16.8 Å². The number of rotatable bonds is 6. The molecular formula is C28H42N8O. The topological polar surface area (TPSA) is 106 Å². The number of likely N-dealkylation sites (tertiary alicyclic amines) is 1. The molecular weight excluding hydrogens is 464 g/mol. The fraction of sp³-hybridized carbons (Fsp3) is 0.571. The van der Waals surface area contributed by atoms with Gasteiger partial charge >= 0.3 is 0 Å². The summed E-state index contributed by atoms with van der Waals surface area (Å²) in [5.74, 6) is 1.88. The number of hydrogen-bond acceptors (Lipinski definition) is 8. The van der Waals surface area contributed by atoms with Gasteiger partial charge in [-0.15, -0.1) is 5.10 Å². The number of nitrogens with zero attached hydrogens (tertiary/aromatic N) is 6. The van der Waals surface area contributed by atoms with E-state index in [1.165, 1.54) is 6.42 Å². The highest BCUT2D eigenvalue weighted by Gasteiger charge is 2.33. The number of aliphatic imine (C=N–C) groups is 1. The fourth-order valence-corrected chi connectivity index (χ4v) is 4.71. The van der Waals surface area contributed by atoms with Crippen LogP contribution in [0.15, 0.2) is 29.4 Å². The third-order valence-electron chi connectivity index (χ3n) is 6.77. The normalized spacial score (nSPS) is 20.7.